The quantitative estimate of drug-likeness (QED) is 0.637. The summed E-state index contributed by atoms with van der Waals surface area (Å²) in [6.07, 6.45) is 6.82. The van der Waals surface area contributed by atoms with Crippen LogP contribution < -0.4 is 9.44 Å². The highest BCUT2D eigenvalue weighted by atomic mass is 32.2. The summed E-state index contributed by atoms with van der Waals surface area (Å²) in [5.74, 6) is 0.0664. The molecule has 7 nitrogen and oxygen atoms in total. The first-order chi connectivity index (χ1) is 14.5. The fraction of sp³-hybridized carbons (Fsp3) is 0.682. The Morgan fingerprint density at radius 2 is 1.61 bits per heavy atom. The maximum absolute atomic E-state index is 12.9. The minimum atomic E-state index is -3.77. The smallest absolute Gasteiger partial charge is 0.240 e. The Kier molecular flexibility index (Phi) is 5.75. The Balaban J connectivity index is 1.45. The summed E-state index contributed by atoms with van der Waals surface area (Å²) in [6, 6.07) is 5.71. The van der Waals surface area contributed by atoms with E-state index in [1.165, 1.54) is 24.3 Å². The van der Waals surface area contributed by atoms with Gasteiger partial charge < -0.3 is 0 Å². The minimum Gasteiger partial charge on any atom is -0.299 e. The zero-order valence-electron chi connectivity index (χ0n) is 18.2. The summed E-state index contributed by atoms with van der Waals surface area (Å²) in [7, 11) is -7.41. The van der Waals surface area contributed by atoms with Crippen LogP contribution in [0.5, 0.6) is 0 Å². The zero-order chi connectivity index (χ0) is 22.5. The predicted molar refractivity (Wildman–Crippen MR) is 120 cm³/mol. The van der Waals surface area contributed by atoms with E-state index in [2.05, 4.69) is 9.44 Å². The molecule has 1 aromatic carbocycles. The maximum Gasteiger partial charge on any atom is 0.240 e. The molecule has 3 saturated carbocycles. The minimum absolute atomic E-state index is 0.0428. The summed E-state index contributed by atoms with van der Waals surface area (Å²) >= 11 is 0. The van der Waals surface area contributed by atoms with E-state index in [0.29, 0.717) is 18.5 Å². The summed E-state index contributed by atoms with van der Waals surface area (Å²) < 4.78 is 56.4. The van der Waals surface area contributed by atoms with Crippen LogP contribution in [0.3, 0.4) is 0 Å². The standard InChI is InChI=1S/C22H32N2O5S2/c1-21(2)16-12-13-22(21,20(25)14-16)15-30(26,27)23-18-8-10-19(11-9-18)31(28,29)24-17-6-4-3-5-7-17/h8-11,16-17,23-24H,3-7,12-15H2,1-2H3/t16-,22-/m0/s1. The molecule has 172 valence electrons. The normalized spacial score (nSPS) is 28.7. The number of fused-ring (bicyclic) bond motifs is 2. The second-order valence-electron chi connectivity index (χ2n) is 10.0. The van der Waals surface area contributed by atoms with Gasteiger partial charge in [0.2, 0.25) is 20.0 Å². The fourth-order valence-corrected chi connectivity index (χ4v) is 9.06. The van der Waals surface area contributed by atoms with E-state index in [1.807, 2.05) is 13.8 Å². The molecule has 0 saturated heterocycles. The molecular formula is C22H32N2O5S2. The van der Waals surface area contributed by atoms with Crippen molar-refractivity contribution in [3.05, 3.63) is 24.3 Å². The molecule has 3 aliphatic carbocycles. The van der Waals surface area contributed by atoms with Crippen LogP contribution in [0, 0.1) is 16.7 Å². The third-order valence-corrected chi connectivity index (χ3v) is 10.9. The van der Waals surface area contributed by atoms with Gasteiger partial charge in [0, 0.05) is 18.2 Å². The van der Waals surface area contributed by atoms with Gasteiger partial charge in [-0.2, -0.15) is 0 Å². The van der Waals surface area contributed by atoms with Crippen molar-refractivity contribution >= 4 is 31.5 Å². The van der Waals surface area contributed by atoms with Crippen molar-refractivity contribution in [1.29, 1.82) is 0 Å². The Morgan fingerprint density at radius 1 is 0.968 bits per heavy atom. The van der Waals surface area contributed by atoms with Crippen LogP contribution in [0.4, 0.5) is 5.69 Å². The lowest BCUT2D eigenvalue weighted by Gasteiger charge is -2.36. The maximum atomic E-state index is 12.9. The van der Waals surface area contributed by atoms with Gasteiger partial charge in [-0.05, 0) is 61.3 Å². The lowest BCUT2D eigenvalue weighted by atomic mass is 9.70. The number of ketones is 1. The third-order valence-electron chi connectivity index (χ3n) is 7.94. The van der Waals surface area contributed by atoms with Crippen LogP contribution in [-0.2, 0) is 24.8 Å². The Labute approximate surface area is 185 Å². The molecule has 2 atom stereocenters. The van der Waals surface area contributed by atoms with Gasteiger partial charge in [0.15, 0.2) is 0 Å². The number of hydrogen-bond donors (Lipinski definition) is 2. The largest absolute Gasteiger partial charge is 0.299 e. The molecule has 0 spiro atoms. The Hall–Kier alpha value is -1.45. The number of anilines is 1. The van der Waals surface area contributed by atoms with Gasteiger partial charge in [-0.3, -0.25) is 9.52 Å². The predicted octanol–water partition coefficient (Wildman–Crippen LogP) is 3.43. The lowest BCUT2D eigenvalue weighted by Crippen LogP contribution is -2.43. The van der Waals surface area contributed by atoms with Crippen LogP contribution in [0.25, 0.3) is 0 Å². The van der Waals surface area contributed by atoms with Crippen LogP contribution in [0.15, 0.2) is 29.2 Å². The first-order valence-corrected chi connectivity index (χ1v) is 14.2. The molecule has 0 heterocycles. The molecule has 0 amide bonds. The van der Waals surface area contributed by atoms with Gasteiger partial charge in [0.05, 0.1) is 16.1 Å². The molecule has 0 radical (unpaired) electrons. The van der Waals surface area contributed by atoms with Crippen molar-refractivity contribution in [1.82, 2.24) is 4.72 Å². The third kappa shape index (κ3) is 4.16. The molecule has 3 fully saturated rings. The number of rotatable bonds is 7. The highest BCUT2D eigenvalue weighted by Gasteiger charge is 2.65. The molecular weight excluding hydrogens is 436 g/mol. The average molecular weight is 469 g/mol. The lowest BCUT2D eigenvalue weighted by molar-refractivity contribution is -0.128. The van der Waals surface area contributed by atoms with Crippen LogP contribution in [0.2, 0.25) is 0 Å². The fourth-order valence-electron chi connectivity index (χ4n) is 5.86. The number of Topliss-reactive ketones (excluding diaryl/α,β-unsaturated/α-hetero) is 1. The number of carbonyl (C=O) groups excluding carboxylic acids is 1. The highest BCUT2D eigenvalue weighted by Crippen LogP contribution is 2.64. The number of sulfonamides is 2. The molecule has 1 aromatic rings. The summed E-state index contributed by atoms with van der Waals surface area (Å²) in [6.45, 7) is 4.01. The molecule has 0 aromatic heterocycles. The Bertz CT molecular complexity index is 1060. The number of carbonyl (C=O) groups is 1. The van der Waals surface area contributed by atoms with Crippen LogP contribution in [0.1, 0.15) is 65.2 Å². The van der Waals surface area contributed by atoms with Gasteiger partial charge >= 0.3 is 0 Å². The van der Waals surface area contributed by atoms with E-state index in [1.54, 1.807) is 0 Å². The molecule has 3 aliphatic rings. The van der Waals surface area contributed by atoms with Gasteiger partial charge in [0.25, 0.3) is 0 Å². The summed E-state index contributed by atoms with van der Waals surface area (Å²) in [4.78, 5) is 12.8. The van der Waals surface area contributed by atoms with E-state index in [4.69, 9.17) is 0 Å². The van der Waals surface area contributed by atoms with E-state index in [-0.39, 0.29) is 33.8 Å². The highest BCUT2D eigenvalue weighted by molar-refractivity contribution is 7.92. The monoisotopic (exact) mass is 468 g/mol. The first kappa shape index (κ1) is 22.7. The summed E-state index contributed by atoms with van der Waals surface area (Å²) in [5.41, 5.74) is -0.871. The molecule has 2 N–H and O–H groups in total. The molecule has 4 rings (SSSR count). The summed E-state index contributed by atoms with van der Waals surface area (Å²) in [5, 5.41) is 0. The molecule has 0 unspecified atom stereocenters. The zero-order valence-corrected chi connectivity index (χ0v) is 19.8. The number of nitrogens with one attached hydrogen (secondary N) is 2. The molecule has 9 heteroatoms. The van der Waals surface area contributed by atoms with Crippen molar-refractivity contribution in [2.45, 2.75) is 76.2 Å². The first-order valence-electron chi connectivity index (χ1n) is 11.1. The second-order valence-corrected chi connectivity index (χ2v) is 13.4. The SMILES string of the molecule is CC1(C)[C@H]2CC[C@]1(CS(=O)(=O)Nc1ccc(S(=O)(=O)NC3CCCCC3)cc1)C(=O)C2. The van der Waals surface area contributed by atoms with Crippen molar-refractivity contribution in [3.63, 3.8) is 0 Å². The van der Waals surface area contributed by atoms with E-state index in [9.17, 15) is 21.6 Å². The van der Waals surface area contributed by atoms with Crippen molar-refractivity contribution in [2.24, 2.45) is 16.7 Å². The van der Waals surface area contributed by atoms with Gasteiger partial charge in [-0.1, -0.05) is 33.1 Å². The van der Waals surface area contributed by atoms with E-state index >= 15 is 0 Å². The average Bonchev–Trinajstić information content (AvgIpc) is 3.02. The van der Waals surface area contributed by atoms with Gasteiger partial charge in [-0.25, -0.2) is 21.6 Å². The van der Waals surface area contributed by atoms with Gasteiger partial charge in [0.1, 0.15) is 5.78 Å². The number of hydrogen-bond acceptors (Lipinski definition) is 5. The second kappa shape index (κ2) is 7.85. The van der Waals surface area contributed by atoms with E-state index < -0.39 is 25.5 Å². The molecule has 31 heavy (non-hydrogen) atoms. The molecule has 0 aliphatic heterocycles. The van der Waals surface area contributed by atoms with Gasteiger partial charge in [-0.15, -0.1) is 0 Å². The van der Waals surface area contributed by atoms with Crippen LogP contribution >= 0.6 is 0 Å². The molecule has 2 bridgehead atoms. The number of benzene rings is 1. The van der Waals surface area contributed by atoms with Crippen molar-refractivity contribution in [3.8, 4) is 0 Å². The van der Waals surface area contributed by atoms with Crippen molar-refractivity contribution in [2.75, 3.05) is 10.5 Å². The topological polar surface area (TPSA) is 109 Å². The van der Waals surface area contributed by atoms with Crippen molar-refractivity contribution < 1.29 is 21.6 Å². The van der Waals surface area contributed by atoms with E-state index in [0.717, 1.165) is 38.5 Å². The Morgan fingerprint density at radius 3 is 2.16 bits per heavy atom. The van der Waals surface area contributed by atoms with Crippen LogP contribution in [-0.4, -0.2) is 34.4 Å².